The molecular weight excluding hydrogens is 220 g/mol. The fourth-order valence-electron chi connectivity index (χ4n) is 1.70. The zero-order valence-corrected chi connectivity index (χ0v) is 10.0. The third-order valence-corrected chi connectivity index (χ3v) is 2.66. The highest BCUT2D eigenvalue weighted by Crippen LogP contribution is 2.12. The number of nitrogens with one attached hydrogen (secondary N) is 1. The lowest BCUT2D eigenvalue weighted by molar-refractivity contribution is -0.132. The SMILES string of the molecule is CNC(=O)[C@@H]1CN(c2ncc(C)cn2)CCO1. The first-order valence-electron chi connectivity index (χ1n) is 5.57. The normalized spacial score (nSPS) is 20.1. The van der Waals surface area contributed by atoms with Crippen molar-refractivity contribution >= 4 is 11.9 Å². The largest absolute Gasteiger partial charge is 0.365 e. The fraction of sp³-hybridized carbons (Fsp3) is 0.545. The van der Waals surface area contributed by atoms with Gasteiger partial charge in [-0.15, -0.1) is 0 Å². The Balaban J connectivity index is 2.06. The smallest absolute Gasteiger partial charge is 0.250 e. The fourth-order valence-corrected chi connectivity index (χ4v) is 1.70. The van der Waals surface area contributed by atoms with Gasteiger partial charge in [0, 0.05) is 26.0 Å². The van der Waals surface area contributed by atoms with Gasteiger partial charge in [-0.3, -0.25) is 4.79 Å². The van der Waals surface area contributed by atoms with Crippen molar-refractivity contribution in [1.82, 2.24) is 15.3 Å². The summed E-state index contributed by atoms with van der Waals surface area (Å²) in [7, 11) is 1.60. The van der Waals surface area contributed by atoms with Crippen molar-refractivity contribution in [3.05, 3.63) is 18.0 Å². The number of likely N-dealkylation sites (N-methyl/N-ethyl adjacent to an activating group) is 1. The standard InChI is InChI=1S/C11H16N4O2/c1-8-5-13-11(14-6-8)15-3-4-17-9(7-15)10(16)12-2/h5-6,9H,3-4,7H2,1-2H3,(H,12,16)/t9-/m0/s1. The molecule has 92 valence electrons. The van der Waals surface area contributed by atoms with E-state index >= 15 is 0 Å². The van der Waals surface area contributed by atoms with Crippen LogP contribution in [0, 0.1) is 6.92 Å². The Bertz CT molecular complexity index is 393. The van der Waals surface area contributed by atoms with Gasteiger partial charge in [-0.05, 0) is 12.5 Å². The highest BCUT2D eigenvalue weighted by Gasteiger charge is 2.26. The number of rotatable bonds is 2. The maximum absolute atomic E-state index is 11.5. The Morgan fingerprint density at radius 2 is 2.24 bits per heavy atom. The van der Waals surface area contributed by atoms with Gasteiger partial charge in [0.2, 0.25) is 5.95 Å². The average Bonchev–Trinajstić information content (AvgIpc) is 2.39. The number of anilines is 1. The quantitative estimate of drug-likeness (QED) is 0.766. The van der Waals surface area contributed by atoms with Crippen LogP contribution in [0.4, 0.5) is 5.95 Å². The van der Waals surface area contributed by atoms with E-state index in [1.807, 2.05) is 11.8 Å². The molecule has 1 N–H and O–H groups in total. The van der Waals surface area contributed by atoms with Crippen LogP contribution >= 0.6 is 0 Å². The first kappa shape index (κ1) is 11.8. The molecule has 2 heterocycles. The molecule has 0 saturated carbocycles. The predicted molar refractivity (Wildman–Crippen MR) is 62.8 cm³/mol. The molecule has 6 heteroatoms. The van der Waals surface area contributed by atoms with Crippen LogP contribution in [0.1, 0.15) is 5.56 Å². The molecule has 1 aliphatic heterocycles. The Labute approximate surface area is 100 Å². The van der Waals surface area contributed by atoms with Crippen molar-refractivity contribution in [2.24, 2.45) is 0 Å². The molecule has 17 heavy (non-hydrogen) atoms. The minimum Gasteiger partial charge on any atom is -0.365 e. The molecule has 2 rings (SSSR count). The van der Waals surface area contributed by atoms with E-state index in [0.717, 1.165) is 5.56 Å². The lowest BCUT2D eigenvalue weighted by Crippen LogP contribution is -2.49. The van der Waals surface area contributed by atoms with E-state index in [9.17, 15) is 4.79 Å². The maximum atomic E-state index is 11.5. The van der Waals surface area contributed by atoms with Gasteiger partial charge in [0.05, 0.1) is 13.2 Å². The Morgan fingerprint density at radius 3 is 2.88 bits per heavy atom. The van der Waals surface area contributed by atoms with Crippen LogP contribution in [0.2, 0.25) is 0 Å². The monoisotopic (exact) mass is 236 g/mol. The van der Waals surface area contributed by atoms with Crippen LogP contribution in [-0.4, -0.2) is 48.7 Å². The Kier molecular flexibility index (Phi) is 3.53. The molecule has 1 atom stereocenters. The number of carbonyl (C=O) groups excluding carboxylic acids is 1. The molecule has 0 spiro atoms. The average molecular weight is 236 g/mol. The first-order valence-corrected chi connectivity index (χ1v) is 5.57. The van der Waals surface area contributed by atoms with Gasteiger partial charge in [0.25, 0.3) is 5.91 Å². The molecule has 0 unspecified atom stereocenters. The first-order chi connectivity index (χ1) is 8.20. The second-order valence-corrected chi connectivity index (χ2v) is 3.98. The Morgan fingerprint density at radius 1 is 1.53 bits per heavy atom. The summed E-state index contributed by atoms with van der Waals surface area (Å²) in [4.78, 5) is 22.0. The molecule has 1 fully saturated rings. The summed E-state index contributed by atoms with van der Waals surface area (Å²) in [5.41, 5.74) is 1.02. The number of hydrogen-bond donors (Lipinski definition) is 1. The molecule has 1 amide bonds. The van der Waals surface area contributed by atoms with E-state index in [4.69, 9.17) is 4.74 Å². The predicted octanol–water partition coefficient (Wildman–Crippen LogP) is -0.264. The lowest BCUT2D eigenvalue weighted by atomic mass is 10.2. The van der Waals surface area contributed by atoms with Crippen LogP contribution in [0.3, 0.4) is 0 Å². The number of amides is 1. The molecule has 0 aromatic carbocycles. The van der Waals surface area contributed by atoms with Crippen molar-refractivity contribution in [2.45, 2.75) is 13.0 Å². The number of nitrogens with zero attached hydrogens (tertiary/aromatic N) is 3. The van der Waals surface area contributed by atoms with Crippen molar-refractivity contribution in [3.8, 4) is 0 Å². The maximum Gasteiger partial charge on any atom is 0.250 e. The molecule has 0 aliphatic carbocycles. The number of carbonyl (C=O) groups is 1. The molecule has 6 nitrogen and oxygen atoms in total. The number of hydrogen-bond acceptors (Lipinski definition) is 5. The van der Waals surface area contributed by atoms with Crippen LogP contribution < -0.4 is 10.2 Å². The van der Waals surface area contributed by atoms with Crippen LogP contribution in [-0.2, 0) is 9.53 Å². The van der Waals surface area contributed by atoms with Crippen LogP contribution in [0.15, 0.2) is 12.4 Å². The van der Waals surface area contributed by atoms with Gasteiger partial charge < -0.3 is 15.0 Å². The Hall–Kier alpha value is -1.69. The second kappa shape index (κ2) is 5.09. The number of aryl methyl sites for hydroxylation is 1. The van der Waals surface area contributed by atoms with Gasteiger partial charge in [0.15, 0.2) is 6.10 Å². The summed E-state index contributed by atoms with van der Waals surface area (Å²) < 4.78 is 5.40. The minimum absolute atomic E-state index is 0.109. The van der Waals surface area contributed by atoms with Crippen molar-refractivity contribution < 1.29 is 9.53 Å². The van der Waals surface area contributed by atoms with Crippen molar-refractivity contribution in [3.63, 3.8) is 0 Å². The van der Waals surface area contributed by atoms with Gasteiger partial charge in [-0.25, -0.2) is 9.97 Å². The van der Waals surface area contributed by atoms with E-state index < -0.39 is 6.10 Å². The van der Waals surface area contributed by atoms with E-state index in [0.29, 0.717) is 25.6 Å². The summed E-state index contributed by atoms with van der Waals surface area (Å²) in [6, 6.07) is 0. The molecule has 1 aliphatic rings. The summed E-state index contributed by atoms with van der Waals surface area (Å²) in [6.07, 6.45) is 3.10. The van der Waals surface area contributed by atoms with E-state index in [1.165, 1.54) is 0 Å². The molecule has 1 saturated heterocycles. The molecule has 1 aromatic heterocycles. The van der Waals surface area contributed by atoms with Crippen LogP contribution in [0.25, 0.3) is 0 Å². The van der Waals surface area contributed by atoms with Crippen molar-refractivity contribution in [2.75, 3.05) is 31.6 Å². The van der Waals surface area contributed by atoms with Gasteiger partial charge >= 0.3 is 0 Å². The molecule has 1 aromatic rings. The second-order valence-electron chi connectivity index (χ2n) is 3.98. The summed E-state index contributed by atoms with van der Waals surface area (Å²) >= 11 is 0. The topological polar surface area (TPSA) is 67.4 Å². The zero-order chi connectivity index (χ0) is 12.3. The van der Waals surface area contributed by atoms with Crippen LogP contribution in [0.5, 0.6) is 0 Å². The zero-order valence-electron chi connectivity index (χ0n) is 10.0. The number of morpholine rings is 1. The van der Waals surface area contributed by atoms with Gasteiger partial charge in [-0.2, -0.15) is 0 Å². The summed E-state index contributed by atoms with van der Waals surface area (Å²) in [5.74, 6) is 0.537. The highest BCUT2D eigenvalue weighted by atomic mass is 16.5. The third-order valence-electron chi connectivity index (χ3n) is 2.66. The van der Waals surface area contributed by atoms with Crippen molar-refractivity contribution in [1.29, 1.82) is 0 Å². The lowest BCUT2D eigenvalue weighted by Gasteiger charge is -2.31. The number of ether oxygens (including phenoxy) is 1. The molecule has 0 bridgehead atoms. The third kappa shape index (κ3) is 2.71. The summed E-state index contributed by atoms with van der Waals surface area (Å²) in [6.45, 7) is 3.64. The van der Waals surface area contributed by atoms with Gasteiger partial charge in [-0.1, -0.05) is 0 Å². The van der Waals surface area contributed by atoms with E-state index in [1.54, 1.807) is 19.4 Å². The molecular formula is C11H16N4O2. The van der Waals surface area contributed by atoms with E-state index in [-0.39, 0.29) is 5.91 Å². The highest BCUT2D eigenvalue weighted by molar-refractivity contribution is 5.81. The minimum atomic E-state index is -0.446. The summed E-state index contributed by atoms with van der Waals surface area (Å²) in [5, 5.41) is 2.58. The number of aromatic nitrogens is 2. The molecule has 0 radical (unpaired) electrons. The van der Waals surface area contributed by atoms with E-state index in [2.05, 4.69) is 15.3 Å². The van der Waals surface area contributed by atoms with Gasteiger partial charge in [0.1, 0.15) is 0 Å².